The molecule has 0 spiro atoms. The van der Waals surface area contributed by atoms with E-state index >= 15 is 0 Å². The summed E-state index contributed by atoms with van der Waals surface area (Å²) in [6, 6.07) is 13.6. The minimum atomic E-state index is -0.524. The number of ketones is 1. The third kappa shape index (κ3) is 3.04. The van der Waals surface area contributed by atoms with Crippen molar-refractivity contribution >= 4 is 11.5 Å². The molecule has 2 aromatic rings. The van der Waals surface area contributed by atoms with E-state index in [0.29, 0.717) is 0 Å². The number of carbonyl (C=O) groups is 1. The average molecular weight is 255 g/mol. The summed E-state index contributed by atoms with van der Waals surface area (Å²) in [6.45, 7) is 1.94. The molecule has 0 bridgehead atoms. The zero-order valence-electron chi connectivity index (χ0n) is 10.5. The van der Waals surface area contributed by atoms with Crippen LogP contribution >= 0.6 is 0 Å². The van der Waals surface area contributed by atoms with Crippen molar-refractivity contribution in [1.29, 1.82) is 0 Å². The second-order valence-corrected chi connectivity index (χ2v) is 4.36. The Morgan fingerprint density at radius 3 is 2.58 bits per heavy atom. The van der Waals surface area contributed by atoms with Crippen molar-refractivity contribution in [2.45, 2.75) is 13.3 Å². The molecule has 0 fully saturated rings. The molecular formula is C15H13NO3. The maximum atomic E-state index is 12.1. The van der Waals surface area contributed by atoms with Crippen LogP contribution in [0.5, 0.6) is 0 Å². The second kappa shape index (κ2) is 5.44. The van der Waals surface area contributed by atoms with Gasteiger partial charge < -0.3 is 0 Å². The topological polar surface area (TPSA) is 60.2 Å². The molecule has 0 atom stereocenters. The quantitative estimate of drug-likeness (QED) is 0.478. The molecule has 19 heavy (non-hydrogen) atoms. The molecule has 4 heteroatoms. The molecule has 0 aromatic heterocycles. The summed E-state index contributed by atoms with van der Waals surface area (Å²) in [4.78, 5) is 22.5. The van der Waals surface area contributed by atoms with Crippen LogP contribution in [0.1, 0.15) is 21.5 Å². The molecule has 0 saturated carbocycles. The molecule has 0 heterocycles. The lowest BCUT2D eigenvalue weighted by Gasteiger charge is -2.03. The molecule has 2 rings (SSSR count). The monoisotopic (exact) mass is 255 g/mol. The van der Waals surface area contributed by atoms with Crippen LogP contribution in [-0.4, -0.2) is 10.7 Å². The summed E-state index contributed by atoms with van der Waals surface area (Å²) >= 11 is 0. The van der Waals surface area contributed by atoms with Crippen LogP contribution < -0.4 is 0 Å². The number of hydrogen-bond acceptors (Lipinski definition) is 3. The predicted molar refractivity (Wildman–Crippen MR) is 72.3 cm³/mol. The van der Waals surface area contributed by atoms with E-state index < -0.39 is 4.92 Å². The summed E-state index contributed by atoms with van der Waals surface area (Å²) in [5.74, 6) is -0.238. The Kier molecular flexibility index (Phi) is 3.71. The van der Waals surface area contributed by atoms with Gasteiger partial charge in [-0.3, -0.25) is 14.9 Å². The highest BCUT2D eigenvalue weighted by Crippen LogP contribution is 2.20. The van der Waals surface area contributed by atoms with Crippen LogP contribution in [0.15, 0.2) is 48.5 Å². The molecule has 0 unspecified atom stereocenters. The van der Waals surface area contributed by atoms with Gasteiger partial charge in [-0.2, -0.15) is 0 Å². The first-order valence-corrected chi connectivity index (χ1v) is 5.90. The van der Waals surface area contributed by atoms with E-state index in [2.05, 4.69) is 0 Å². The average Bonchev–Trinajstić information content (AvgIpc) is 2.38. The number of nitro groups is 1. The van der Waals surface area contributed by atoms with Crippen molar-refractivity contribution in [3.63, 3.8) is 0 Å². The van der Waals surface area contributed by atoms with Crippen molar-refractivity contribution in [3.05, 3.63) is 75.3 Å². The number of nitrogens with zero attached hydrogens (tertiary/aromatic N) is 1. The molecule has 96 valence electrons. The molecule has 0 radical (unpaired) electrons. The SMILES string of the molecule is Cc1cccc(CC(=O)c2ccccc2[N+](=O)[O-])c1. The van der Waals surface area contributed by atoms with E-state index in [4.69, 9.17) is 0 Å². The van der Waals surface area contributed by atoms with E-state index in [9.17, 15) is 14.9 Å². The molecular weight excluding hydrogens is 242 g/mol. The third-order valence-corrected chi connectivity index (χ3v) is 2.85. The van der Waals surface area contributed by atoms with E-state index in [-0.39, 0.29) is 23.5 Å². The fourth-order valence-electron chi connectivity index (χ4n) is 1.97. The number of Topliss-reactive ketones (excluding diaryl/α,β-unsaturated/α-hetero) is 1. The Labute approximate surface area is 110 Å². The minimum absolute atomic E-state index is 0.139. The number of carbonyl (C=O) groups excluding carboxylic acids is 1. The largest absolute Gasteiger partial charge is 0.294 e. The molecule has 0 aliphatic rings. The summed E-state index contributed by atoms with van der Waals surface area (Å²) in [5, 5.41) is 10.9. The molecule has 0 aliphatic carbocycles. The number of nitro benzene ring substituents is 1. The van der Waals surface area contributed by atoms with Crippen LogP contribution in [-0.2, 0) is 6.42 Å². The fraction of sp³-hybridized carbons (Fsp3) is 0.133. The Morgan fingerprint density at radius 2 is 1.89 bits per heavy atom. The van der Waals surface area contributed by atoms with Crippen LogP contribution in [0, 0.1) is 17.0 Å². The van der Waals surface area contributed by atoms with Crippen LogP contribution in [0.2, 0.25) is 0 Å². The van der Waals surface area contributed by atoms with Gasteiger partial charge in [0, 0.05) is 12.5 Å². The predicted octanol–water partition coefficient (Wildman–Crippen LogP) is 3.33. The number of hydrogen-bond donors (Lipinski definition) is 0. The van der Waals surface area contributed by atoms with Gasteiger partial charge in [-0.1, -0.05) is 42.0 Å². The molecule has 0 aliphatic heterocycles. The Bertz CT molecular complexity index is 635. The Balaban J connectivity index is 2.28. The first-order chi connectivity index (χ1) is 9.08. The normalized spacial score (nSPS) is 10.2. The zero-order chi connectivity index (χ0) is 13.8. The van der Waals surface area contributed by atoms with E-state index in [1.165, 1.54) is 12.1 Å². The fourth-order valence-corrected chi connectivity index (χ4v) is 1.97. The maximum Gasteiger partial charge on any atom is 0.280 e. The summed E-state index contributed by atoms with van der Waals surface area (Å²) < 4.78 is 0. The van der Waals surface area contributed by atoms with Gasteiger partial charge in [0.1, 0.15) is 0 Å². The van der Waals surface area contributed by atoms with Crippen molar-refractivity contribution < 1.29 is 9.72 Å². The van der Waals surface area contributed by atoms with Gasteiger partial charge in [-0.15, -0.1) is 0 Å². The van der Waals surface area contributed by atoms with Gasteiger partial charge in [-0.05, 0) is 18.6 Å². The van der Waals surface area contributed by atoms with Crippen molar-refractivity contribution in [1.82, 2.24) is 0 Å². The molecule has 0 N–H and O–H groups in total. The number of benzene rings is 2. The Hall–Kier alpha value is -2.49. The van der Waals surface area contributed by atoms with Gasteiger partial charge >= 0.3 is 0 Å². The highest BCUT2D eigenvalue weighted by Gasteiger charge is 2.19. The van der Waals surface area contributed by atoms with Gasteiger partial charge in [0.2, 0.25) is 0 Å². The minimum Gasteiger partial charge on any atom is -0.294 e. The lowest BCUT2D eigenvalue weighted by atomic mass is 10.0. The molecule has 2 aromatic carbocycles. The van der Waals surface area contributed by atoms with Crippen molar-refractivity contribution in [2.24, 2.45) is 0 Å². The molecule has 0 amide bonds. The summed E-state index contributed by atoms with van der Waals surface area (Å²) in [6.07, 6.45) is 0.173. The first kappa shape index (κ1) is 13.0. The number of para-hydroxylation sites is 1. The van der Waals surface area contributed by atoms with Crippen molar-refractivity contribution in [3.8, 4) is 0 Å². The van der Waals surface area contributed by atoms with Gasteiger partial charge in [0.05, 0.1) is 10.5 Å². The lowest BCUT2D eigenvalue weighted by Crippen LogP contribution is -2.07. The highest BCUT2D eigenvalue weighted by atomic mass is 16.6. The van der Waals surface area contributed by atoms with E-state index in [0.717, 1.165) is 11.1 Å². The van der Waals surface area contributed by atoms with Crippen LogP contribution in [0.25, 0.3) is 0 Å². The third-order valence-electron chi connectivity index (χ3n) is 2.85. The first-order valence-electron chi connectivity index (χ1n) is 5.90. The molecule has 0 saturated heterocycles. The van der Waals surface area contributed by atoms with E-state index in [1.54, 1.807) is 12.1 Å². The lowest BCUT2D eigenvalue weighted by molar-refractivity contribution is -0.385. The van der Waals surface area contributed by atoms with Crippen LogP contribution in [0.4, 0.5) is 5.69 Å². The van der Waals surface area contributed by atoms with E-state index in [1.807, 2.05) is 31.2 Å². The second-order valence-electron chi connectivity index (χ2n) is 4.36. The standard InChI is InChI=1S/C15H13NO3/c1-11-5-4-6-12(9-11)10-15(17)13-7-2-3-8-14(13)16(18)19/h2-9H,10H2,1H3. The highest BCUT2D eigenvalue weighted by molar-refractivity contribution is 6.01. The van der Waals surface area contributed by atoms with Crippen LogP contribution in [0.3, 0.4) is 0 Å². The summed E-state index contributed by atoms with van der Waals surface area (Å²) in [7, 11) is 0. The molecule has 4 nitrogen and oxygen atoms in total. The van der Waals surface area contributed by atoms with Gasteiger partial charge in [0.15, 0.2) is 5.78 Å². The van der Waals surface area contributed by atoms with Gasteiger partial charge in [0.25, 0.3) is 5.69 Å². The Morgan fingerprint density at radius 1 is 1.16 bits per heavy atom. The van der Waals surface area contributed by atoms with Crippen molar-refractivity contribution in [2.75, 3.05) is 0 Å². The smallest absolute Gasteiger partial charge is 0.280 e. The summed E-state index contributed by atoms with van der Waals surface area (Å²) in [5.41, 5.74) is 1.95. The van der Waals surface area contributed by atoms with Gasteiger partial charge in [-0.25, -0.2) is 0 Å². The zero-order valence-corrected chi connectivity index (χ0v) is 10.5. The number of rotatable bonds is 4. The maximum absolute atomic E-state index is 12.1. The number of aryl methyl sites for hydroxylation is 1.